The molecule has 2 rings (SSSR count). The first-order valence-corrected chi connectivity index (χ1v) is 6.77. The molecular formula is C14H10Cl3NO2. The molecule has 0 radical (unpaired) electrons. The Labute approximate surface area is 131 Å². The lowest BCUT2D eigenvalue weighted by Crippen LogP contribution is -2.12. The van der Waals surface area contributed by atoms with Crippen LogP contribution in [0.4, 0.5) is 5.69 Å². The topological polar surface area (TPSA) is 49.3 Å². The number of aromatic hydroxyl groups is 1. The molecule has 20 heavy (non-hydrogen) atoms. The van der Waals surface area contributed by atoms with Gasteiger partial charge in [0, 0.05) is 0 Å². The monoisotopic (exact) mass is 329 g/mol. The molecule has 0 fully saturated rings. The molecule has 0 unspecified atom stereocenters. The molecule has 104 valence electrons. The Balaban J connectivity index is 2.30. The fraction of sp³-hybridized carbons (Fsp3) is 0.0714. The van der Waals surface area contributed by atoms with E-state index in [0.29, 0.717) is 10.7 Å². The van der Waals surface area contributed by atoms with Crippen molar-refractivity contribution in [1.29, 1.82) is 0 Å². The van der Waals surface area contributed by atoms with Crippen molar-refractivity contribution in [3.8, 4) is 5.75 Å². The van der Waals surface area contributed by atoms with E-state index in [1.807, 2.05) is 6.92 Å². The van der Waals surface area contributed by atoms with Gasteiger partial charge in [0.15, 0.2) is 0 Å². The summed E-state index contributed by atoms with van der Waals surface area (Å²) in [4.78, 5) is 12.1. The molecule has 0 aromatic heterocycles. The van der Waals surface area contributed by atoms with Gasteiger partial charge in [-0.15, -0.1) is 0 Å². The van der Waals surface area contributed by atoms with E-state index in [4.69, 9.17) is 34.8 Å². The normalized spacial score (nSPS) is 10.4. The molecule has 6 heteroatoms. The predicted octanol–water partition coefficient (Wildman–Crippen LogP) is 4.91. The Bertz CT molecular complexity index is 686. The average molecular weight is 331 g/mol. The van der Waals surface area contributed by atoms with E-state index in [9.17, 15) is 9.90 Å². The highest BCUT2D eigenvalue weighted by molar-refractivity contribution is 6.44. The van der Waals surface area contributed by atoms with Gasteiger partial charge in [0.2, 0.25) is 0 Å². The molecule has 2 aromatic rings. The number of benzene rings is 2. The molecule has 0 aliphatic carbocycles. The average Bonchev–Trinajstić information content (AvgIpc) is 2.35. The quantitative estimate of drug-likeness (QED) is 0.768. The molecular weight excluding hydrogens is 321 g/mol. The summed E-state index contributed by atoms with van der Waals surface area (Å²) in [5, 5.41) is 13.2. The number of carbonyl (C=O) groups is 1. The Hall–Kier alpha value is -1.42. The van der Waals surface area contributed by atoms with E-state index in [2.05, 4.69) is 5.32 Å². The number of halogens is 3. The first kappa shape index (κ1) is 15.0. The molecule has 3 nitrogen and oxygen atoms in total. The minimum atomic E-state index is -0.484. The van der Waals surface area contributed by atoms with Crippen molar-refractivity contribution in [3.05, 3.63) is 56.5 Å². The largest absolute Gasteiger partial charge is 0.507 e. The summed E-state index contributed by atoms with van der Waals surface area (Å²) >= 11 is 17.7. The van der Waals surface area contributed by atoms with Crippen molar-refractivity contribution in [2.75, 3.05) is 5.32 Å². The zero-order chi connectivity index (χ0) is 14.9. The third-order valence-corrected chi connectivity index (χ3v) is 3.69. The van der Waals surface area contributed by atoms with Gasteiger partial charge in [-0.05, 0) is 36.8 Å². The lowest BCUT2D eigenvalue weighted by Gasteiger charge is -2.10. The number of phenols is 1. The van der Waals surface area contributed by atoms with E-state index in [1.165, 1.54) is 24.3 Å². The fourth-order valence-corrected chi connectivity index (χ4v) is 2.24. The zero-order valence-corrected chi connectivity index (χ0v) is 12.6. The highest BCUT2D eigenvalue weighted by Crippen LogP contribution is 2.32. The number of hydrogen-bond acceptors (Lipinski definition) is 2. The van der Waals surface area contributed by atoms with Crippen molar-refractivity contribution in [2.45, 2.75) is 6.92 Å². The molecule has 0 aliphatic heterocycles. The second-order valence-corrected chi connectivity index (χ2v) is 5.44. The van der Waals surface area contributed by atoms with Gasteiger partial charge in [-0.3, -0.25) is 4.79 Å². The zero-order valence-electron chi connectivity index (χ0n) is 10.4. The molecule has 2 N–H and O–H groups in total. The Morgan fingerprint density at radius 1 is 1.05 bits per heavy atom. The molecule has 0 saturated heterocycles. The highest BCUT2D eigenvalue weighted by Gasteiger charge is 2.14. The summed E-state index contributed by atoms with van der Waals surface area (Å²) in [6, 6.07) is 7.66. The van der Waals surface area contributed by atoms with Gasteiger partial charge in [-0.1, -0.05) is 40.9 Å². The molecule has 0 saturated carbocycles. The maximum absolute atomic E-state index is 12.1. The van der Waals surface area contributed by atoms with Crippen LogP contribution in [0, 0.1) is 6.92 Å². The van der Waals surface area contributed by atoms with E-state index in [1.54, 1.807) is 6.07 Å². The molecule has 0 spiro atoms. The number of phenolic OH excluding ortho intramolecular Hbond substituents is 1. The van der Waals surface area contributed by atoms with Crippen LogP contribution in [0.5, 0.6) is 5.75 Å². The summed E-state index contributed by atoms with van der Waals surface area (Å²) in [6.07, 6.45) is 0. The van der Waals surface area contributed by atoms with Gasteiger partial charge in [0.05, 0.1) is 26.3 Å². The summed E-state index contributed by atoms with van der Waals surface area (Å²) in [5.74, 6) is -0.582. The van der Waals surface area contributed by atoms with Crippen LogP contribution in [0.25, 0.3) is 0 Å². The molecule has 1 amide bonds. The van der Waals surface area contributed by atoms with Crippen LogP contribution >= 0.6 is 34.8 Å². The molecule has 0 aliphatic rings. The first-order chi connectivity index (χ1) is 9.38. The molecule has 0 atom stereocenters. The van der Waals surface area contributed by atoms with Gasteiger partial charge in [-0.25, -0.2) is 0 Å². The third-order valence-electron chi connectivity index (χ3n) is 2.66. The number of nitrogens with one attached hydrogen (secondary N) is 1. The maximum atomic E-state index is 12.1. The van der Waals surface area contributed by atoms with Crippen molar-refractivity contribution in [2.24, 2.45) is 0 Å². The second kappa shape index (κ2) is 5.92. The Morgan fingerprint density at radius 2 is 1.70 bits per heavy atom. The van der Waals surface area contributed by atoms with Gasteiger partial charge < -0.3 is 10.4 Å². The first-order valence-electron chi connectivity index (χ1n) is 5.64. The van der Waals surface area contributed by atoms with Crippen molar-refractivity contribution in [3.63, 3.8) is 0 Å². The summed E-state index contributed by atoms with van der Waals surface area (Å²) in [7, 11) is 0. The van der Waals surface area contributed by atoms with Gasteiger partial charge >= 0.3 is 0 Å². The third kappa shape index (κ3) is 3.18. The van der Waals surface area contributed by atoms with Crippen molar-refractivity contribution in [1.82, 2.24) is 0 Å². The minimum absolute atomic E-state index is 0.0984. The van der Waals surface area contributed by atoms with Gasteiger partial charge in [-0.2, -0.15) is 0 Å². The lowest BCUT2D eigenvalue weighted by atomic mass is 10.1. The SMILES string of the molecule is Cc1ccc(C(=O)Nc2cc(Cl)c(Cl)cc2Cl)c(O)c1. The van der Waals surface area contributed by atoms with Crippen LogP contribution in [0.3, 0.4) is 0 Å². The van der Waals surface area contributed by atoms with E-state index in [-0.39, 0.29) is 21.4 Å². The summed E-state index contributed by atoms with van der Waals surface area (Å²) in [5.41, 5.74) is 1.33. The fourth-order valence-electron chi connectivity index (χ4n) is 1.64. The number of rotatable bonds is 2. The van der Waals surface area contributed by atoms with Gasteiger partial charge in [0.1, 0.15) is 5.75 Å². The van der Waals surface area contributed by atoms with Gasteiger partial charge in [0.25, 0.3) is 5.91 Å². The van der Waals surface area contributed by atoms with Crippen LogP contribution < -0.4 is 5.32 Å². The Kier molecular flexibility index (Phi) is 4.43. The number of anilines is 1. The lowest BCUT2D eigenvalue weighted by molar-refractivity contribution is 0.102. The van der Waals surface area contributed by atoms with Crippen molar-refractivity contribution >= 4 is 46.4 Å². The van der Waals surface area contributed by atoms with Crippen LogP contribution in [-0.2, 0) is 0 Å². The number of hydrogen-bond donors (Lipinski definition) is 2. The standard InChI is InChI=1S/C14H10Cl3NO2/c1-7-2-3-8(13(19)4-7)14(20)18-12-6-10(16)9(15)5-11(12)17/h2-6,19H,1H3,(H,18,20). The van der Waals surface area contributed by atoms with Crippen LogP contribution in [0.2, 0.25) is 15.1 Å². The van der Waals surface area contributed by atoms with Crippen LogP contribution in [0.15, 0.2) is 30.3 Å². The second-order valence-electron chi connectivity index (χ2n) is 4.22. The van der Waals surface area contributed by atoms with E-state index >= 15 is 0 Å². The number of amides is 1. The maximum Gasteiger partial charge on any atom is 0.259 e. The predicted molar refractivity (Wildman–Crippen MR) is 82.3 cm³/mol. The van der Waals surface area contributed by atoms with E-state index < -0.39 is 5.91 Å². The van der Waals surface area contributed by atoms with Crippen LogP contribution in [-0.4, -0.2) is 11.0 Å². The highest BCUT2D eigenvalue weighted by atomic mass is 35.5. The Morgan fingerprint density at radius 3 is 2.35 bits per heavy atom. The van der Waals surface area contributed by atoms with Crippen molar-refractivity contribution < 1.29 is 9.90 Å². The molecule has 0 heterocycles. The molecule has 2 aromatic carbocycles. The minimum Gasteiger partial charge on any atom is -0.507 e. The smallest absolute Gasteiger partial charge is 0.259 e. The molecule has 0 bridgehead atoms. The summed E-state index contributed by atoms with van der Waals surface area (Å²) in [6.45, 7) is 1.82. The van der Waals surface area contributed by atoms with Crippen LogP contribution in [0.1, 0.15) is 15.9 Å². The number of carbonyl (C=O) groups excluding carboxylic acids is 1. The number of aryl methyl sites for hydroxylation is 1. The van der Waals surface area contributed by atoms with E-state index in [0.717, 1.165) is 5.56 Å². The summed E-state index contributed by atoms with van der Waals surface area (Å²) < 4.78 is 0.